The summed E-state index contributed by atoms with van der Waals surface area (Å²) in [5.41, 5.74) is 9.58. The first kappa shape index (κ1) is 14.1. The summed E-state index contributed by atoms with van der Waals surface area (Å²) in [5.74, 6) is 2.56. The third kappa shape index (κ3) is 2.55. The first-order valence-corrected chi connectivity index (χ1v) is 7.99. The average Bonchev–Trinajstić information content (AvgIpc) is 3.10. The number of imidazole rings is 1. The molecule has 4 heteroatoms. The van der Waals surface area contributed by atoms with Crippen LogP contribution in [-0.4, -0.2) is 14.5 Å². The van der Waals surface area contributed by atoms with Gasteiger partial charge in [-0.15, -0.1) is 0 Å². The molecule has 3 rings (SSSR count). The summed E-state index contributed by atoms with van der Waals surface area (Å²) in [6.07, 6.45) is 9.87. The molecule has 0 aromatic carbocycles. The van der Waals surface area contributed by atoms with Crippen molar-refractivity contribution in [1.29, 1.82) is 0 Å². The molecule has 0 amide bonds. The quantitative estimate of drug-likeness (QED) is 0.926. The summed E-state index contributed by atoms with van der Waals surface area (Å²) in [7, 11) is 0. The largest absolute Gasteiger partial charge is 0.383 e. The predicted octanol–water partition coefficient (Wildman–Crippen LogP) is 3.90. The topological polar surface area (TPSA) is 56.7 Å². The summed E-state index contributed by atoms with van der Waals surface area (Å²) >= 11 is 0. The Labute approximate surface area is 126 Å². The zero-order valence-electron chi connectivity index (χ0n) is 13.0. The van der Waals surface area contributed by atoms with Crippen LogP contribution in [0.1, 0.15) is 56.3 Å². The van der Waals surface area contributed by atoms with E-state index in [1.807, 2.05) is 18.5 Å². The molecule has 4 nitrogen and oxygen atoms in total. The third-order valence-electron chi connectivity index (χ3n) is 4.50. The van der Waals surface area contributed by atoms with Gasteiger partial charge in [-0.2, -0.15) is 0 Å². The van der Waals surface area contributed by atoms with Gasteiger partial charge < -0.3 is 10.3 Å². The van der Waals surface area contributed by atoms with Gasteiger partial charge >= 0.3 is 0 Å². The lowest BCUT2D eigenvalue weighted by Gasteiger charge is -2.12. The van der Waals surface area contributed by atoms with E-state index in [1.165, 1.54) is 37.1 Å². The van der Waals surface area contributed by atoms with Crippen LogP contribution < -0.4 is 5.73 Å². The molecule has 0 saturated heterocycles. The summed E-state index contributed by atoms with van der Waals surface area (Å²) in [5, 5.41) is 0. The molecule has 21 heavy (non-hydrogen) atoms. The van der Waals surface area contributed by atoms with Crippen molar-refractivity contribution in [2.24, 2.45) is 0 Å². The maximum Gasteiger partial charge on any atom is 0.131 e. The molecule has 2 aromatic rings. The van der Waals surface area contributed by atoms with Gasteiger partial charge in [0.1, 0.15) is 17.3 Å². The van der Waals surface area contributed by atoms with Crippen molar-refractivity contribution >= 4 is 5.82 Å². The van der Waals surface area contributed by atoms with Crippen LogP contribution in [-0.2, 0) is 6.54 Å². The van der Waals surface area contributed by atoms with Crippen molar-refractivity contribution in [3.63, 3.8) is 0 Å². The highest BCUT2D eigenvalue weighted by molar-refractivity contribution is 5.73. The lowest BCUT2D eigenvalue weighted by atomic mass is 10.1. The van der Waals surface area contributed by atoms with Crippen LogP contribution in [0.4, 0.5) is 5.82 Å². The summed E-state index contributed by atoms with van der Waals surface area (Å²) in [6.45, 7) is 5.22. The molecule has 2 heterocycles. The molecule has 0 spiro atoms. The Morgan fingerprint density at radius 3 is 2.76 bits per heavy atom. The Morgan fingerprint density at radius 2 is 2.10 bits per heavy atom. The molecule has 1 fully saturated rings. The molecule has 0 radical (unpaired) electrons. The number of nitrogens with zero attached hydrogens (tertiary/aromatic N) is 3. The molecule has 2 aromatic heterocycles. The van der Waals surface area contributed by atoms with Crippen LogP contribution in [0.25, 0.3) is 11.3 Å². The van der Waals surface area contributed by atoms with Crippen LogP contribution in [0.15, 0.2) is 18.5 Å². The molecule has 0 unspecified atom stereocenters. The van der Waals surface area contributed by atoms with Gasteiger partial charge in [0.25, 0.3) is 0 Å². The number of aryl methyl sites for hydroxylation is 1. The van der Waals surface area contributed by atoms with Gasteiger partial charge in [0.05, 0.1) is 0 Å². The van der Waals surface area contributed by atoms with Gasteiger partial charge in [-0.25, -0.2) is 4.98 Å². The molecule has 1 saturated carbocycles. The first-order chi connectivity index (χ1) is 10.2. The van der Waals surface area contributed by atoms with Gasteiger partial charge in [0.2, 0.25) is 0 Å². The third-order valence-corrected chi connectivity index (χ3v) is 4.50. The summed E-state index contributed by atoms with van der Waals surface area (Å²) < 4.78 is 2.23. The van der Waals surface area contributed by atoms with Crippen LogP contribution >= 0.6 is 0 Å². The minimum Gasteiger partial charge on any atom is -0.383 e. The number of nitrogen functional groups attached to an aromatic ring is 1. The SMILES string of the molecule is CCCn1c(C2CCCC2)nc(-c2cnccc2C)c1N. The maximum absolute atomic E-state index is 6.43. The predicted molar refractivity (Wildman–Crippen MR) is 86.1 cm³/mol. The van der Waals surface area contributed by atoms with Crippen LogP contribution in [0, 0.1) is 6.92 Å². The minimum atomic E-state index is 0.574. The normalized spacial score (nSPS) is 15.7. The van der Waals surface area contributed by atoms with Crippen molar-refractivity contribution in [3.8, 4) is 11.3 Å². The zero-order chi connectivity index (χ0) is 14.8. The van der Waals surface area contributed by atoms with Crippen molar-refractivity contribution < 1.29 is 0 Å². The first-order valence-electron chi connectivity index (χ1n) is 7.99. The second kappa shape index (κ2) is 5.88. The van der Waals surface area contributed by atoms with Crippen molar-refractivity contribution in [2.45, 2.75) is 58.4 Å². The second-order valence-electron chi connectivity index (χ2n) is 6.03. The number of aromatic nitrogens is 3. The van der Waals surface area contributed by atoms with Gasteiger partial charge in [-0.05, 0) is 37.8 Å². The molecular formula is C17H24N4. The van der Waals surface area contributed by atoms with E-state index in [2.05, 4.69) is 23.4 Å². The molecule has 112 valence electrons. The highest BCUT2D eigenvalue weighted by Gasteiger charge is 2.25. The number of hydrogen-bond donors (Lipinski definition) is 1. The fourth-order valence-electron chi connectivity index (χ4n) is 3.35. The number of anilines is 1. The van der Waals surface area contributed by atoms with E-state index >= 15 is 0 Å². The van der Waals surface area contributed by atoms with E-state index in [0.717, 1.165) is 30.0 Å². The van der Waals surface area contributed by atoms with Gasteiger partial charge in [0.15, 0.2) is 0 Å². The second-order valence-corrected chi connectivity index (χ2v) is 6.03. The monoisotopic (exact) mass is 284 g/mol. The highest BCUT2D eigenvalue weighted by Crippen LogP contribution is 2.38. The Kier molecular flexibility index (Phi) is 3.95. The van der Waals surface area contributed by atoms with Crippen molar-refractivity contribution in [3.05, 3.63) is 29.8 Å². The Bertz CT molecular complexity index is 624. The number of rotatable bonds is 4. The molecular weight excluding hydrogens is 260 g/mol. The summed E-state index contributed by atoms with van der Waals surface area (Å²) in [4.78, 5) is 9.18. The molecule has 0 atom stereocenters. The molecule has 0 aliphatic heterocycles. The van der Waals surface area contributed by atoms with Crippen LogP contribution in [0.3, 0.4) is 0 Å². The van der Waals surface area contributed by atoms with Crippen molar-refractivity contribution in [2.75, 3.05) is 5.73 Å². The average molecular weight is 284 g/mol. The fraction of sp³-hybridized carbons (Fsp3) is 0.529. The van der Waals surface area contributed by atoms with Gasteiger partial charge in [-0.1, -0.05) is 19.8 Å². The molecule has 2 N–H and O–H groups in total. The van der Waals surface area contributed by atoms with Crippen molar-refractivity contribution in [1.82, 2.24) is 14.5 Å². The van der Waals surface area contributed by atoms with E-state index in [-0.39, 0.29) is 0 Å². The molecule has 1 aliphatic rings. The van der Waals surface area contributed by atoms with Crippen LogP contribution in [0.2, 0.25) is 0 Å². The zero-order valence-corrected chi connectivity index (χ0v) is 13.0. The summed E-state index contributed by atoms with van der Waals surface area (Å²) in [6, 6.07) is 2.02. The van der Waals surface area contributed by atoms with Crippen LogP contribution in [0.5, 0.6) is 0 Å². The maximum atomic E-state index is 6.43. The Balaban J connectivity index is 2.09. The number of pyridine rings is 1. The van der Waals surface area contributed by atoms with E-state index in [9.17, 15) is 0 Å². The minimum absolute atomic E-state index is 0.574. The smallest absolute Gasteiger partial charge is 0.131 e. The van der Waals surface area contributed by atoms with E-state index in [1.54, 1.807) is 0 Å². The highest BCUT2D eigenvalue weighted by atomic mass is 15.1. The lowest BCUT2D eigenvalue weighted by Crippen LogP contribution is -2.09. The Morgan fingerprint density at radius 1 is 1.33 bits per heavy atom. The Hall–Kier alpha value is -1.84. The molecule has 0 bridgehead atoms. The fourth-order valence-corrected chi connectivity index (χ4v) is 3.35. The van der Waals surface area contributed by atoms with Gasteiger partial charge in [-0.3, -0.25) is 4.98 Å². The van der Waals surface area contributed by atoms with E-state index in [4.69, 9.17) is 10.7 Å². The standard InChI is InChI=1S/C17H24N4/c1-3-10-21-16(18)15(14-11-19-9-8-12(14)2)20-17(21)13-6-4-5-7-13/h8-9,11,13H,3-7,10,18H2,1-2H3. The van der Waals surface area contributed by atoms with E-state index in [0.29, 0.717) is 5.92 Å². The lowest BCUT2D eigenvalue weighted by molar-refractivity contribution is 0.579. The number of nitrogens with two attached hydrogens (primary N) is 1. The number of hydrogen-bond acceptors (Lipinski definition) is 3. The van der Waals surface area contributed by atoms with E-state index < -0.39 is 0 Å². The van der Waals surface area contributed by atoms with Gasteiger partial charge in [0, 0.05) is 30.4 Å². The molecule has 1 aliphatic carbocycles.